The summed E-state index contributed by atoms with van der Waals surface area (Å²) in [5.41, 5.74) is 1.27. The molecule has 3 aromatic rings. The Morgan fingerprint density at radius 3 is 2.78 bits per heavy atom. The number of hydrogen-bond donors (Lipinski definition) is 3. The normalized spacial score (nSPS) is 27.8. The third kappa shape index (κ3) is 2.25. The number of fused-ring (bicyclic) bond motifs is 1. The Hall–Kier alpha value is -1.91. The van der Waals surface area contributed by atoms with Gasteiger partial charge in [0.05, 0.1) is 6.61 Å². The molecule has 1 unspecified atom stereocenters. The van der Waals surface area contributed by atoms with Gasteiger partial charge in [0.2, 0.25) is 0 Å². The van der Waals surface area contributed by atoms with Crippen molar-refractivity contribution in [1.82, 2.24) is 19.5 Å². The second-order valence-electron chi connectivity index (χ2n) is 5.25. The molecule has 4 heterocycles. The van der Waals surface area contributed by atoms with Gasteiger partial charge in [-0.15, -0.1) is 11.3 Å². The Balaban J connectivity index is 1.80. The van der Waals surface area contributed by atoms with E-state index in [2.05, 4.69) is 15.0 Å². The van der Waals surface area contributed by atoms with Crippen LogP contribution in [0.25, 0.3) is 21.7 Å². The van der Waals surface area contributed by atoms with Crippen molar-refractivity contribution in [2.75, 3.05) is 6.61 Å². The first-order chi connectivity index (χ1) is 11.2. The molecule has 4 atom stereocenters. The van der Waals surface area contributed by atoms with Gasteiger partial charge in [-0.3, -0.25) is 0 Å². The number of rotatable bonds is 3. The van der Waals surface area contributed by atoms with E-state index in [0.717, 1.165) is 10.4 Å². The molecule has 0 bridgehead atoms. The SMILES string of the molecule is OCC1O[C@@H](n2ccc3c(-c4nccs4)ncnc32)[C@@H](O)[C@H]1O. The van der Waals surface area contributed by atoms with E-state index in [1.54, 1.807) is 17.0 Å². The molecule has 4 rings (SSSR count). The highest BCUT2D eigenvalue weighted by molar-refractivity contribution is 7.13. The van der Waals surface area contributed by atoms with Crippen LogP contribution in [0.4, 0.5) is 0 Å². The van der Waals surface area contributed by atoms with Gasteiger partial charge in [-0.1, -0.05) is 0 Å². The van der Waals surface area contributed by atoms with Gasteiger partial charge >= 0.3 is 0 Å². The summed E-state index contributed by atoms with van der Waals surface area (Å²) < 4.78 is 7.19. The molecule has 0 aromatic carbocycles. The second kappa shape index (κ2) is 5.62. The topological polar surface area (TPSA) is 114 Å². The largest absolute Gasteiger partial charge is 0.394 e. The van der Waals surface area contributed by atoms with Crippen molar-refractivity contribution in [3.8, 4) is 10.7 Å². The molecular formula is C14H14N4O4S. The minimum atomic E-state index is -1.15. The zero-order valence-electron chi connectivity index (χ0n) is 11.9. The Morgan fingerprint density at radius 2 is 2.09 bits per heavy atom. The summed E-state index contributed by atoms with van der Waals surface area (Å²) in [6.07, 6.45) is 0.903. The lowest BCUT2D eigenvalue weighted by Crippen LogP contribution is -2.33. The summed E-state index contributed by atoms with van der Waals surface area (Å²) in [6, 6.07) is 1.82. The number of aliphatic hydroxyl groups is 3. The summed E-state index contributed by atoms with van der Waals surface area (Å²) >= 11 is 1.47. The number of ether oxygens (including phenoxy) is 1. The molecule has 3 N–H and O–H groups in total. The Bertz CT molecular complexity index is 821. The average molecular weight is 334 g/mol. The van der Waals surface area contributed by atoms with Crippen molar-refractivity contribution in [3.63, 3.8) is 0 Å². The molecule has 120 valence electrons. The summed E-state index contributed by atoms with van der Waals surface area (Å²) in [5.74, 6) is 0. The number of hydrogen-bond acceptors (Lipinski definition) is 8. The molecule has 1 aliphatic rings. The molecule has 9 heteroatoms. The van der Waals surface area contributed by atoms with Gasteiger partial charge in [0.25, 0.3) is 0 Å². The van der Waals surface area contributed by atoms with Crippen LogP contribution in [0.1, 0.15) is 6.23 Å². The van der Waals surface area contributed by atoms with E-state index < -0.39 is 24.5 Å². The van der Waals surface area contributed by atoms with Gasteiger partial charge in [-0.2, -0.15) is 0 Å². The predicted molar refractivity (Wildman–Crippen MR) is 81.6 cm³/mol. The van der Waals surface area contributed by atoms with Crippen LogP contribution in [0.5, 0.6) is 0 Å². The Kier molecular flexibility index (Phi) is 3.58. The van der Waals surface area contributed by atoms with Gasteiger partial charge in [0.1, 0.15) is 41.0 Å². The van der Waals surface area contributed by atoms with Crippen LogP contribution in [0.2, 0.25) is 0 Å². The zero-order chi connectivity index (χ0) is 16.0. The number of nitrogens with zero attached hydrogens (tertiary/aromatic N) is 4. The predicted octanol–water partition coefficient (Wildman–Crippen LogP) is 0.166. The average Bonchev–Trinajstić information content (AvgIpc) is 3.28. The maximum Gasteiger partial charge on any atom is 0.164 e. The van der Waals surface area contributed by atoms with E-state index in [-0.39, 0.29) is 6.61 Å². The molecule has 1 aliphatic heterocycles. The fraction of sp³-hybridized carbons (Fsp3) is 0.357. The molecule has 1 saturated heterocycles. The van der Waals surface area contributed by atoms with Gasteiger partial charge < -0.3 is 24.6 Å². The number of aromatic nitrogens is 4. The van der Waals surface area contributed by atoms with Crippen molar-refractivity contribution in [3.05, 3.63) is 30.2 Å². The van der Waals surface area contributed by atoms with Crippen molar-refractivity contribution in [1.29, 1.82) is 0 Å². The third-order valence-electron chi connectivity index (χ3n) is 3.94. The van der Waals surface area contributed by atoms with E-state index in [9.17, 15) is 15.3 Å². The minimum absolute atomic E-state index is 0.368. The molecule has 3 aromatic heterocycles. The lowest BCUT2D eigenvalue weighted by atomic mass is 10.1. The van der Waals surface area contributed by atoms with Crippen molar-refractivity contribution in [2.45, 2.75) is 24.5 Å². The molecule has 8 nitrogen and oxygen atoms in total. The first kappa shape index (κ1) is 14.7. The quantitative estimate of drug-likeness (QED) is 0.625. The highest BCUT2D eigenvalue weighted by Crippen LogP contribution is 2.34. The van der Waals surface area contributed by atoms with Crippen molar-refractivity contribution < 1.29 is 20.1 Å². The molecule has 0 aliphatic carbocycles. The lowest BCUT2D eigenvalue weighted by molar-refractivity contribution is -0.0508. The summed E-state index contributed by atoms with van der Waals surface area (Å²) in [6.45, 7) is -0.368. The van der Waals surface area contributed by atoms with E-state index >= 15 is 0 Å². The molecule has 23 heavy (non-hydrogen) atoms. The van der Waals surface area contributed by atoms with E-state index in [1.165, 1.54) is 17.7 Å². The summed E-state index contributed by atoms with van der Waals surface area (Å²) in [5, 5.41) is 32.7. The number of thiazole rings is 1. The molecule has 0 spiro atoms. The Labute approximate surface area is 134 Å². The fourth-order valence-corrected chi connectivity index (χ4v) is 3.44. The monoisotopic (exact) mass is 334 g/mol. The number of aliphatic hydroxyl groups excluding tert-OH is 3. The van der Waals surface area contributed by atoms with E-state index in [4.69, 9.17) is 4.74 Å². The van der Waals surface area contributed by atoms with Crippen LogP contribution in [-0.4, -0.2) is 59.8 Å². The first-order valence-electron chi connectivity index (χ1n) is 7.04. The molecular weight excluding hydrogens is 320 g/mol. The van der Waals surface area contributed by atoms with Crippen molar-refractivity contribution >= 4 is 22.4 Å². The zero-order valence-corrected chi connectivity index (χ0v) is 12.7. The lowest BCUT2D eigenvalue weighted by Gasteiger charge is -2.17. The maximum absolute atomic E-state index is 10.2. The maximum atomic E-state index is 10.2. The van der Waals surface area contributed by atoms with Gasteiger partial charge in [0.15, 0.2) is 6.23 Å². The highest BCUT2D eigenvalue weighted by Gasteiger charge is 2.43. The molecule has 0 amide bonds. The summed E-state index contributed by atoms with van der Waals surface area (Å²) in [7, 11) is 0. The summed E-state index contributed by atoms with van der Waals surface area (Å²) in [4.78, 5) is 12.8. The second-order valence-corrected chi connectivity index (χ2v) is 6.14. The van der Waals surface area contributed by atoms with E-state index in [1.807, 2.05) is 11.4 Å². The fourth-order valence-electron chi connectivity index (χ4n) is 2.80. The van der Waals surface area contributed by atoms with E-state index in [0.29, 0.717) is 11.3 Å². The minimum Gasteiger partial charge on any atom is -0.394 e. The molecule has 1 fully saturated rings. The standard InChI is InChI=1S/C14H14N4O4S/c19-5-8-10(20)11(21)14(22-8)18-3-1-7-9(13-15-2-4-23-13)16-6-17-12(7)18/h1-4,6,8,10-11,14,19-21H,5H2/t8?,10-,11-,14+/m0/s1. The highest BCUT2D eigenvalue weighted by atomic mass is 32.1. The van der Waals surface area contributed by atoms with Crippen LogP contribution < -0.4 is 0 Å². The van der Waals surface area contributed by atoms with Crippen LogP contribution in [0.15, 0.2) is 30.2 Å². The third-order valence-corrected chi connectivity index (χ3v) is 4.72. The smallest absolute Gasteiger partial charge is 0.164 e. The molecule has 0 radical (unpaired) electrons. The Morgan fingerprint density at radius 1 is 1.22 bits per heavy atom. The first-order valence-corrected chi connectivity index (χ1v) is 7.92. The van der Waals surface area contributed by atoms with Gasteiger partial charge in [0, 0.05) is 23.2 Å². The van der Waals surface area contributed by atoms with Crippen molar-refractivity contribution in [2.24, 2.45) is 0 Å². The van der Waals surface area contributed by atoms with Crippen LogP contribution in [0.3, 0.4) is 0 Å². The van der Waals surface area contributed by atoms with Crippen LogP contribution >= 0.6 is 11.3 Å². The van der Waals surface area contributed by atoms with Gasteiger partial charge in [-0.25, -0.2) is 15.0 Å². The van der Waals surface area contributed by atoms with Crippen LogP contribution in [0, 0.1) is 0 Å². The molecule has 0 saturated carbocycles. The van der Waals surface area contributed by atoms with Crippen LogP contribution in [-0.2, 0) is 4.74 Å². The van der Waals surface area contributed by atoms with Gasteiger partial charge in [-0.05, 0) is 6.07 Å².